The summed E-state index contributed by atoms with van der Waals surface area (Å²) in [4.78, 5) is 4.74. The highest BCUT2D eigenvalue weighted by Gasteiger charge is 2.15. The van der Waals surface area contributed by atoms with Crippen molar-refractivity contribution in [3.05, 3.63) is 90.0 Å². The lowest BCUT2D eigenvalue weighted by atomic mass is 9.96. The van der Waals surface area contributed by atoms with Gasteiger partial charge in [-0.3, -0.25) is 0 Å². The maximum absolute atomic E-state index is 6.48. The lowest BCUT2D eigenvalue weighted by Crippen LogP contribution is -1.83. The van der Waals surface area contributed by atoms with Crippen molar-refractivity contribution in [3.63, 3.8) is 0 Å². The number of hydrogen-bond donors (Lipinski definition) is 0. The van der Waals surface area contributed by atoms with E-state index in [1.54, 1.807) is 0 Å². The van der Waals surface area contributed by atoms with Crippen LogP contribution >= 0.6 is 11.6 Å². The van der Waals surface area contributed by atoms with Crippen molar-refractivity contribution < 1.29 is 4.42 Å². The Labute approximate surface area is 166 Å². The van der Waals surface area contributed by atoms with Gasteiger partial charge in [-0.25, -0.2) is 4.98 Å². The van der Waals surface area contributed by atoms with Crippen molar-refractivity contribution in [3.8, 4) is 11.5 Å². The molecule has 0 aliphatic heterocycles. The average molecular weight is 380 g/mol. The largest absolute Gasteiger partial charge is 0.435 e. The Hall–Kier alpha value is -3.36. The van der Waals surface area contributed by atoms with Crippen LogP contribution in [-0.4, -0.2) is 4.98 Å². The predicted molar refractivity (Wildman–Crippen MR) is 117 cm³/mol. The Morgan fingerprint density at radius 1 is 0.643 bits per heavy atom. The second-order valence-electron chi connectivity index (χ2n) is 6.96. The molecule has 3 heteroatoms. The molecule has 0 amide bonds. The van der Waals surface area contributed by atoms with E-state index in [9.17, 15) is 0 Å². The lowest BCUT2D eigenvalue weighted by Gasteiger charge is -2.09. The first-order valence-corrected chi connectivity index (χ1v) is 9.56. The molecule has 0 saturated heterocycles. The van der Waals surface area contributed by atoms with Gasteiger partial charge >= 0.3 is 0 Å². The lowest BCUT2D eigenvalue weighted by molar-refractivity contribution is 0.623. The quantitative estimate of drug-likeness (QED) is 0.275. The SMILES string of the molecule is Clc1cccc2c1ccc1ccc3ccc4nc(-c5ccccc5)oc4c3c12. The molecule has 6 rings (SSSR count). The van der Waals surface area contributed by atoms with Crippen LogP contribution in [0, 0.1) is 0 Å². The van der Waals surface area contributed by atoms with Gasteiger partial charge in [0, 0.05) is 26.7 Å². The molecule has 132 valence electrons. The standard InChI is InChI=1S/C25H14ClNO/c26-20-8-4-7-19-18(20)13-11-15-9-10-16-12-14-21-24(23(16)22(15)19)28-25(27-21)17-5-2-1-3-6-17/h1-14H. The first kappa shape index (κ1) is 15.7. The van der Waals surface area contributed by atoms with E-state index < -0.39 is 0 Å². The molecular weight excluding hydrogens is 366 g/mol. The number of fused-ring (bicyclic) bond motifs is 7. The highest BCUT2D eigenvalue weighted by atomic mass is 35.5. The van der Waals surface area contributed by atoms with E-state index in [-0.39, 0.29) is 0 Å². The topological polar surface area (TPSA) is 26.0 Å². The molecular formula is C25H14ClNO. The normalized spacial score (nSPS) is 11.8. The third kappa shape index (κ3) is 2.19. The zero-order valence-corrected chi connectivity index (χ0v) is 15.6. The van der Waals surface area contributed by atoms with Gasteiger partial charge in [-0.15, -0.1) is 0 Å². The predicted octanol–water partition coefficient (Wildman–Crippen LogP) is 7.61. The van der Waals surface area contributed by atoms with Crippen LogP contribution in [0.4, 0.5) is 0 Å². The number of rotatable bonds is 1. The van der Waals surface area contributed by atoms with Gasteiger partial charge in [0.25, 0.3) is 0 Å². The van der Waals surface area contributed by atoms with Gasteiger partial charge in [0.15, 0.2) is 5.58 Å². The van der Waals surface area contributed by atoms with E-state index in [1.165, 1.54) is 0 Å². The first-order chi connectivity index (χ1) is 13.8. The summed E-state index contributed by atoms with van der Waals surface area (Å²) in [5.74, 6) is 0.637. The van der Waals surface area contributed by atoms with Crippen LogP contribution < -0.4 is 0 Å². The summed E-state index contributed by atoms with van der Waals surface area (Å²) in [6, 6.07) is 28.7. The summed E-state index contributed by atoms with van der Waals surface area (Å²) in [5.41, 5.74) is 2.65. The molecule has 28 heavy (non-hydrogen) atoms. The van der Waals surface area contributed by atoms with E-state index >= 15 is 0 Å². The second-order valence-corrected chi connectivity index (χ2v) is 7.37. The van der Waals surface area contributed by atoms with Gasteiger partial charge < -0.3 is 4.42 Å². The van der Waals surface area contributed by atoms with Crippen molar-refractivity contribution in [1.82, 2.24) is 4.98 Å². The summed E-state index contributed by atoms with van der Waals surface area (Å²) in [6.45, 7) is 0. The van der Waals surface area contributed by atoms with E-state index in [2.05, 4.69) is 36.4 Å². The molecule has 0 aliphatic carbocycles. The van der Waals surface area contributed by atoms with Crippen molar-refractivity contribution in [2.45, 2.75) is 0 Å². The Kier molecular flexibility index (Phi) is 3.26. The highest BCUT2D eigenvalue weighted by Crippen LogP contribution is 2.39. The van der Waals surface area contributed by atoms with E-state index in [0.717, 1.165) is 54.0 Å². The highest BCUT2D eigenvalue weighted by molar-refractivity contribution is 6.37. The second kappa shape index (κ2) is 5.82. The molecule has 0 spiro atoms. The summed E-state index contributed by atoms with van der Waals surface area (Å²) < 4.78 is 6.31. The van der Waals surface area contributed by atoms with Gasteiger partial charge in [-0.2, -0.15) is 0 Å². The summed E-state index contributed by atoms with van der Waals surface area (Å²) >= 11 is 6.48. The number of aromatic nitrogens is 1. The number of halogens is 1. The fourth-order valence-electron chi connectivity index (χ4n) is 4.04. The summed E-state index contributed by atoms with van der Waals surface area (Å²) in [5, 5.41) is 7.45. The fraction of sp³-hybridized carbons (Fsp3) is 0. The minimum absolute atomic E-state index is 0.637. The molecule has 1 aromatic heterocycles. The third-order valence-corrected chi connectivity index (χ3v) is 5.67. The molecule has 0 bridgehead atoms. The van der Waals surface area contributed by atoms with Gasteiger partial charge in [0.2, 0.25) is 5.89 Å². The first-order valence-electron chi connectivity index (χ1n) is 9.18. The van der Waals surface area contributed by atoms with Crippen molar-refractivity contribution in [1.29, 1.82) is 0 Å². The average Bonchev–Trinajstić information content (AvgIpc) is 3.18. The molecule has 0 fully saturated rings. The van der Waals surface area contributed by atoms with Crippen LogP contribution in [0.15, 0.2) is 89.3 Å². The summed E-state index contributed by atoms with van der Waals surface area (Å²) in [6.07, 6.45) is 0. The maximum atomic E-state index is 6.48. The van der Waals surface area contributed by atoms with Crippen LogP contribution in [0.2, 0.25) is 5.02 Å². The van der Waals surface area contributed by atoms with Crippen LogP contribution in [0.25, 0.3) is 54.9 Å². The van der Waals surface area contributed by atoms with Crippen LogP contribution in [0.1, 0.15) is 0 Å². The third-order valence-electron chi connectivity index (χ3n) is 5.34. The number of hydrogen-bond acceptors (Lipinski definition) is 2. The van der Waals surface area contributed by atoms with E-state index in [4.69, 9.17) is 21.0 Å². The molecule has 0 aliphatic rings. The van der Waals surface area contributed by atoms with Crippen molar-refractivity contribution in [2.75, 3.05) is 0 Å². The minimum Gasteiger partial charge on any atom is -0.435 e. The van der Waals surface area contributed by atoms with Gasteiger partial charge in [0.05, 0.1) is 0 Å². The molecule has 0 atom stereocenters. The molecule has 0 saturated carbocycles. The van der Waals surface area contributed by atoms with Crippen molar-refractivity contribution in [2.24, 2.45) is 0 Å². The van der Waals surface area contributed by atoms with Crippen LogP contribution in [0.5, 0.6) is 0 Å². The maximum Gasteiger partial charge on any atom is 0.227 e. The monoisotopic (exact) mass is 379 g/mol. The Morgan fingerprint density at radius 2 is 1.39 bits per heavy atom. The molecule has 5 aromatic carbocycles. The number of benzene rings is 5. The van der Waals surface area contributed by atoms with Gasteiger partial charge in [0.1, 0.15) is 5.52 Å². The van der Waals surface area contributed by atoms with Crippen LogP contribution in [-0.2, 0) is 0 Å². The zero-order valence-electron chi connectivity index (χ0n) is 14.8. The Morgan fingerprint density at radius 3 is 2.25 bits per heavy atom. The fourth-order valence-corrected chi connectivity index (χ4v) is 4.28. The van der Waals surface area contributed by atoms with Crippen LogP contribution in [0.3, 0.4) is 0 Å². The summed E-state index contributed by atoms with van der Waals surface area (Å²) in [7, 11) is 0. The molecule has 1 heterocycles. The van der Waals surface area contributed by atoms with E-state index in [0.29, 0.717) is 5.89 Å². The van der Waals surface area contributed by atoms with E-state index in [1.807, 2.05) is 48.5 Å². The molecule has 0 unspecified atom stereocenters. The molecule has 0 N–H and O–H groups in total. The van der Waals surface area contributed by atoms with Gasteiger partial charge in [-0.1, -0.05) is 72.3 Å². The number of nitrogens with zero attached hydrogens (tertiary/aromatic N) is 1. The molecule has 2 nitrogen and oxygen atoms in total. The van der Waals surface area contributed by atoms with Gasteiger partial charge in [-0.05, 0) is 40.4 Å². The molecule has 0 radical (unpaired) electrons. The smallest absolute Gasteiger partial charge is 0.227 e. The van der Waals surface area contributed by atoms with Crippen molar-refractivity contribution >= 4 is 55.0 Å². The minimum atomic E-state index is 0.637. The Balaban J connectivity index is 1.82. The zero-order chi connectivity index (χ0) is 18.7. The Bertz CT molecular complexity index is 1520. The molecule has 6 aromatic rings. The number of oxazole rings is 1.